The van der Waals surface area contributed by atoms with E-state index >= 15 is 0 Å². The summed E-state index contributed by atoms with van der Waals surface area (Å²) in [5, 5.41) is 6.36. The fourth-order valence-corrected chi connectivity index (χ4v) is 2.17. The average Bonchev–Trinajstić information content (AvgIpc) is 2.35. The summed E-state index contributed by atoms with van der Waals surface area (Å²) in [7, 11) is 1.85. The van der Waals surface area contributed by atoms with Crippen LogP contribution in [0, 0.1) is 13.8 Å². The van der Waals surface area contributed by atoms with Crippen LogP contribution in [-0.4, -0.2) is 48.1 Å². The molecule has 5 heteroatoms. The van der Waals surface area contributed by atoms with Gasteiger partial charge in [-0.3, -0.25) is 4.90 Å². The molecule has 0 bridgehead atoms. The first-order valence-corrected chi connectivity index (χ1v) is 6.15. The smallest absolute Gasteiger partial charge is 0.222 e. The number of nitrogens with zero attached hydrogens (tertiary/aromatic N) is 3. The van der Waals surface area contributed by atoms with Crippen LogP contribution in [-0.2, 0) is 6.54 Å². The fourth-order valence-electron chi connectivity index (χ4n) is 2.17. The lowest BCUT2D eigenvalue weighted by molar-refractivity contribution is 0.232. The molecule has 0 unspecified atom stereocenters. The van der Waals surface area contributed by atoms with E-state index in [1.54, 1.807) is 0 Å². The van der Waals surface area contributed by atoms with Gasteiger partial charge in [0.05, 0.1) is 0 Å². The standard InChI is InChI=1S/C12H21N5/c1-9-11(8-17-6-4-14-5-7-17)10(2)16-12(13-3)15-9/h14H,4-8H2,1-3H3,(H,13,15,16). The van der Waals surface area contributed by atoms with Crippen LogP contribution < -0.4 is 10.6 Å². The van der Waals surface area contributed by atoms with E-state index in [1.807, 2.05) is 7.05 Å². The maximum Gasteiger partial charge on any atom is 0.222 e. The third-order valence-electron chi connectivity index (χ3n) is 3.24. The molecule has 1 aliphatic rings. The Morgan fingerprint density at radius 1 is 1.18 bits per heavy atom. The van der Waals surface area contributed by atoms with E-state index in [9.17, 15) is 0 Å². The number of hydrogen-bond donors (Lipinski definition) is 2. The molecule has 2 rings (SSSR count). The van der Waals surface area contributed by atoms with Crippen molar-refractivity contribution < 1.29 is 0 Å². The van der Waals surface area contributed by atoms with Crippen LogP contribution in [0.5, 0.6) is 0 Å². The average molecular weight is 235 g/mol. The van der Waals surface area contributed by atoms with Crippen molar-refractivity contribution in [1.82, 2.24) is 20.2 Å². The van der Waals surface area contributed by atoms with Gasteiger partial charge in [-0.15, -0.1) is 0 Å². The van der Waals surface area contributed by atoms with Crippen LogP contribution >= 0.6 is 0 Å². The summed E-state index contributed by atoms with van der Waals surface area (Å²) in [5.41, 5.74) is 3.44. The zero-order valence-corrected chi connectivity index (χ0v) is 10.9. The molecular weight excluding hydrogens is 214 g/mol. The first kappa shape index (κ1) is 12.3. The number of aryl methyl sites for hydroxylation is 2. The van der Waals surface area contributed by atoms with Crippen molar-refractivity contribution in [1.29, 1.82) is 0 Å². The monoisotopic (exact) mass is 235 g/mol. The van der Waals surface area contributed by atoms with Gasteiger partial charge in [0.25, 0.3) is 0 Å². The highest BCUT2D eigenvalue weighted by atomic mass is 15.2. The molecule has 1 saturated heterocycles. The largest absolute Gasteiger partial charge is 0.357 e. The molecule has 0 aromatic carbocycles. The van der Waals surface area contributed by atoms with Crippen molar-refractivity contribution in [3.8, 4) is 0 Å². The Labute approximate surface area is 103 Å². The second kappa shape index (κ2) is 5.42. The van der Waals surface area contributed by atoms with Gasteiger partial charge in [-0.25, -0.2) is 9.97 Å². The van der Waals surface area contributed by atoms with Gasteiger partial charge < -0.3 is 10.6 Å². The maximum absolute atomic E-state index is 4.45. The molecule has 0 amide bonds. The highest BCUT2D eigenvalue weighted by molar-refractivity contribution is 5.33. The van der Waals surface area contributed by atoms with E-state index in [-0.39, 0.29) is 0 Å². The molecule has 1 aliphatic heterocycles. The molecule has 1 aromatic heterocycles. The number of hydrogen-bond acceptors (Lipinski definition) is 5. The summed E-state index contributed by atoms with van der Waals surface area (Å²) in [6.45, 7) is 9.45. The molecule has 2 heterocycles. The molecule has 94 valence electrons. The van der Waals surface area contributed by atoms with Gasteiger partial charge in [0.15, 0.2) is 0 Å². The van der Waals surface area contributed by atoms with Crippen LogP contribution in [0.1, 0.15) is 17.0 Å². The highest BCUT2D eigenvalue weighted by Crippen LogP contribution is 2.15. The SMILES string of the molecule is CNc1nc(C)c(CN2CCNCC2)c(C)n1. The highest BCUT2D eigenvalue weighted by Gasteiger charge is 2.14. The Balaban J connectivity index is 2.14. The second-order valence-electron chi connectivity index (χ2n) is 4.47. The third-order valence-corrected chi connectivity index (χ3v) is 3.24. The quantitative estimate of drug-likeness (QED) is 0.801. The summed E-state index contributed by atoms with van der Waals surface area (Å²) in [5.74, 6) is 0.712. The Kier molecular flexibility index (Phi) is 3.91. The Morgan fingerprint density at radius 2 is 1.76 bits per heavy atom. The predicted molar refractivity (Wildman–Crippen MR) is 69.2 cm³/mol. The van der Waals surface area contributed by atoms with E-state index in [4.69, 9.17) is 0 Å². The Bertz CT molecular complexity index is 361. The molecule has 2 N–H and O–H groups in total. The fraction of sp³-hybridized carbons (Fsp3) is 0.667. The topological polar surface area (TPSA) is 53.1 Å². The summed E-state index contributed by atoms with van der Waals surface area (Å²) >= 11 is 0. The van der Waals surface area contributed by atoms with Gasteiger partial charge in [0.1, 0.15) is 0 Å². The summed E-state index contributed by atoms with van der Waals surface area (Å²) in [6.07, 6.45) is 0. The number of rotatable bonds is 3. The van der Waals surface area contributed by atoms with E-state index < -0.39 is 0 Å². The number of anilines is 1. The van der Waals surface area contributed by atoms with Gasteiger partial charge in [0, 0.05) is 56.7 Å². The second-order valence-corrected chi connectivity index (χ2v) is 4.47. The van der Waals surface area contributed by atoms with Gasteiger partial charge >= 0.3 is 0 Å². The lowest BCUT2D eigenvalue weighted by Crippen LogP contribution is -2.43. The summed E-state index contributed by atoms with van der Waals surface area (Å²) in [4.78, 5) is 11.4. The van der Waals surface area contributed by atoms with Crippen molar-refractivity contribution in [3.63, 3.8) is 0 Å². The van der Waals surface area contributed by atoms with E-state index in [1.165, 1.54) is 5.56 Å². The Hall–Kier alpha value is -1.20. The van der Waals surface area contributed by atoms with Gasteiger partial charge in [-0.05, 0) is 13.8 Å². The molecule has 1 fully saturated rings. The van der Waals surface area contributed by atoms with Crippen molar-refractivity contribution in [2.75, 3.05) is 38.5 Å². The first-order valence-electron chi connectivity index (χ1n) is 6.15. The molecule has 0 saturated carbocycles. The van der Waals surface area contributed by atoms with Crippen LogP contribution in [0.4, 0.5) is 5.95 Å². The molecule has 17 heavy (non-hydrogen) atoms. The molecule has 0 aliphatic carbocycles. The lowest BCUT2D eigenvalue weighted by Gasteiger charge is -2.28. The summed E-state index contributed by atoms with van der Waals surface area (Å²) in [6, 6.07) is 0. The first-order chi connectivity index (χ1) is 8.20. The number of aromatic nitrogens is 2. The zero-order valence-electron chi connectivity index (χ0n) is 10.9. The number of nitrogens with one attached hydrogen (secondary N) is 2. The van der Waals surface area contributed by atoms with Crippen LogP contribution in [0.3, 0.4) is 0 Å². The van der Waals surface area contributed by atoms with Gasteiger partial charge in [0.2, 0.25) is 5.95 Å². The molecule has 0 spiro atoms. The lowest BCUT2D eigenvalue weighted by atomic mass is 10.1. The minimum absolute atomic E-state index is 0.712. The van der Waals surface area contributed by atoms with Crippen LogP contribution in [0.15, 0.2) is 0 Å². The maximum atomic E-state index is 4.45. The van der Waals surface area contributed by atoms with Crippen molar-refractivity contribution in [3.05, 3.63) is 17.0 Å². The van der Waals surface area contributed by atoms with Crippen LogP contribution in [0.25, 0.3) is 0 Å². The summed E-state index contributed by atoms with van der Waals surface area (Å²) < 4.78 is 0. The van der Waals surface area contributed by atoms with Gasteiger partial charge in [-0.2, -0.15) is 0 Å². The normalized spacial score (nSPS) is 17.1. The van der Waals surface area contributed by atoms with Crippen LogP contribution in [0.2, 0.25) is 0 Å². The van der Waals surface area contributed by atoms with Crippen molar-refractivity contribution >= 4 is 5.95 Å². The molecular formula is C12H21N5. The van der Waals surface area contributed by atoms with E-state index in [0.29, 0.717) is 5.95 Å². The van der Waals surface area contributed by atoms with Crippen molar-refractivity contribution in [2.45, 2.75) is 20.4 Å². The molecule has 5 nitrogen and oxygen atoms in total. The van der Waals surface area contributed by atoms with Crippen molar-refractivity contribution in [2.24, 2.45) is 0 Å². The van der Waals surface area contributed by atoms with Gasteiger partial charge in [-0.1, -0.05) is 0 Å². The predicted octanol–water partition coefficient (Wildman–Crippen LogP) is 0.540. The number of piperazine rings is 1. The third kappa shape index (κ3) is 2.92. The Morgan fingerprint density at radius 3 is 2.29 bits per heavy atom. The molecule has 0 radical (unpaired) electrons. The minimum atomic E-state index is 0.712. The zero-order chi connectivity index (χ0) is 12.3. The van der Waals surface area contributed by atoms with E-state index in [0.717, 1.165) is 44.1 Å². The molecule has 0 atom stereocenters. The molecule has 1 aromatic rings. The van der Waals surface area contributed by atoms with E-state index in [2.05, 4.69) is 39.3 Å². The minimum Gasteiger partial charge on any atom is -0.357 e.